The number of aromatic nitrogens is 2. The van der Waals surface area contributed by atoms with E-state index >= 15 is 0 Å². The van der Waals surface area contributed by atoms with Crippen molar-refractivity contribution in [1.82, 2.24) is 14.7 Å². The van der Waals surface area contributed by atoms with E-state index in [2.05, 4.69) is 5.10 Å². The van der Waals surface area contributed by atoms with Crippen LogP contribution in [0.4, 0.5) is 5.69 Å². The van der Waals surface area contributed by atoms with Crippen LogP contribution in [0.25, 0.3) is 16.6 Å². The van der Waals surface area contributed by atoms with Gasteiger partial charge >= 0.3 is 0 Å². The molecule has 1 aromatic heterocycles. The number of carbonyl (C=O) groups is 2. The van der Waals surface area contributed by atoms with Gasteiger partial charge in [-0.3, -0.25) is 19.5 Å². The number of aliphatic hydroxyl groups excluding tert-OH is 1. The fourth-order valence-corrected chi connectivity index (χ4v) is 11.7. The van der Waals surface area contributed by atoms with Gasteiger partial charge in [0.25, 0.3) is 11.5 Å². The lowest BCUT2D eigenvalue weighted by atomic mass is 9.82. The Bertz CT molecular complexity index is 2280. The molecule has 0 unspecified atom stereocenters. The number of ether oxygens (including phenoxy) is 1. The maximum Gasteiger partial charge on any atom is 0.279 e. The summed E-state index contributed by atoms with van der Waals surface area (Å²) < 4.78 is 8.43. The molecular weight excluding hydrogens is 696 g/mol. The molecule has 0 bridgehead atoms. The first-order valence-electron chi connectivity index (χ1n) is 17.7. The van der Waals surface area contributed by atoms with Crippen LogP contribution in [-0.2, 0) is 39.4 Å². The molecule has 4 heterocycles. The van der Waals surface area contributed by atoms with Crippen LogP contribution in [0.5, 0.6) is 0 Å². The molecule has 12 heteroatoms. The number of nitrogens with zero attached hydrogens (tertiary/aromatic N) is 3. The summed E-state index contributed by atoms with van der Waals surface area (Å²) >= 11 is 6.60. The number of nitrogens with one attached hydrogen (secondary N) is 1. The molecule has 268 valence electrons. The number of H-pyrrole nitrogens is 1. The molecule has 0 radical (unpaired) electrons. The van der Waals surface area contributed by atoms with Gasteiger partial charge in [0, 0.05) is 28.6 Å². The predicted octanol–water partition coefficient (Wildman–Crippen LogP) is 5.65. The highest BCUT2D eigenvalue weighted by molar-refractivity contribution is 6.71. The second-order valence-electron chi connectivity index (χ2n) is 14.9. The Morgan fingerprint density at radius 3 is 2.50 bits per heavy atom. The lowest BCUT2D eigenvalue weighted by Crippen LogP contribution is -2.48. The van der Waals surface area contributed by atoms with Gasteiger partial charge in [-0.25, -0.2) is 4.68 Å². The first-order chi connectivity index (χ1) is 24.9. The van der Waals surface area contributed by atoms with Crippen molar-refractivity contribution in [2.45, 2.75) is 69.2 Å². The van der Waals surface area contributed by atoms with Gasteiger partial charge in [0.15, 0.2) is 13.9 Å². The van der Waals surface area contributed by atoms with E-state index in [1.54, 1.807) is 28.0 Å². The van der Waals surface area contributed by atoms with Crippen LogP contribution in [0.1, 0.15) is 35.6 Å². The van der Waals surface area contributed by atoms with Gasteiger partial charge < -0.3 is 24.4 Å². The highest BCUT2D eigenvalue weighted by Gasteiger charge is 2.66. The zero-order chi connectivity index (χ0) is 36.5. The Kier molecular flexibility index (Phi) is 8.54. The van der Waals surface area contributed by atoms with Crippen molar-refractivity contribution in [2.75, 3.05) is 11.5 Å². The number of carbonyl (C=O) groups excluding carboxylic acids is 2. The first kappa shape index (κ1) is 34.6. The molecular formula is C40H41ClN4O6Si. The molecule has 5 atom stereocenters. The fourth-order valence-electron chi connectivity index (χ4n) is 8.96. The quantitative estimate of drug-likeness (QED) is 0.185. The molecule has 10 nitrogen and oxygen atoms in total. The number of anilines is 1. The SMILES string of the molecule is C[C@@H]1[C@@H]([Si](C)(C)O)[C@H](CC(=O)N2Cc3ccccc3C[C@H]2CO)O[C@@]12C(=O)N(Cc1cccc(-n3[nH]c4ccccc4c3=O)c1)c1ccc(Cl)cc12. The monoisotopic (exact) mass is 736 g/mol. The number of hydrogen-bond donors (Lipinski definition) is 3. The molecule has 0 aliphatic carbocycles. The van der Waals surface area contributed by atoms with Gasteiger partial charge in [-0.15, -0.1) is 0 Å². The van der Waals surface area contributed by atoms with Gasteiger partial charge in [-0.1, -0.05) is 67.1 Å². The normalized spacial score (nSPS) is 24.2. The van der Waals surface area contributed by atoms with Crippen LogP contribution in [0, 0.1) is 5.92 Å². The average Bonchev–Trinajstić information content (AvgIpc) is 3.70. The summed E-state index contributed by atoms with van der Waals surface area (Å²) in [5.41, 5.74) is 3.44. The predicted molar refractivity (Wildman–Crippen MR) is 202 cm³/mol. The number of hydrogen-bond acceptors (Lipinski definition) is 6. The van der Waals surface area contributed by atoms with Crippen molar-refractivity contribution in [1.29, 1.82) is 0 Å². The second-order valence-corrected chi connectivity index (χ2v) is 19.3. The molecule has 3 aliphatic rings. The third-order valence-electron chi connectivity index (χ3n) is 11.3. The molecule has 1 saturated heterocycles. The molecule has 3 N–H and O–H groups in total. The van der Waals surface area contributed by atoms with E-state index in [1.165, 1.54) is 4.68 Å². The minimum Gasteiger partial charge on any atom is -0.432 e. The topological polar surface area (TPSA) is 128 Å². The molecule has 5 aromatic rings. The van der Waals surface area contributed by atoms with Crippen molar-refractivity contribution in [3.63, 3.8) is 0 Å². The number of aliphatic hydroxyl groups is 1. The summed E-state index contributed by atoms with van der Waals surface area (Å²) in [7, 11) is -3.05. The number of aromatic amines is 1. The summed E-state index contributed by atoms with van der Waals surface area (Å²) in [6.45, 7) is 5.97. The van der Waals surface area contributed by atoms with E-state index in [0.29, 0.717) is 40.3 Å². The van der Waals surface area contributed by atoms with Crippen LogP contribution in [0.3, 0.4) is 0 Å². The Hall–Kier alpha value is -4.52. The minimum absolute atomic E-state index is 0.0448. The first-order valence-corrected chi connectivity index (χ1v) is 21.1. The zero-order valence-corrected chi connectivity index (χ0v) is 31.0. The highest BCUT2D eigenvalue weighted by Crippen LogP contribution is 2.60. The standard InChI is InChI=1S/C40H41ClN4O6Si/c1-24-37(52(2,3)50)35(20-36(47)43-22-27-11-5-4-10-26(27)18-30(43)23-46)51-40(24)32-19-28(41)15-16-34(32)44(39(40)49)21-25-9-8-12-29(17-25)45-38(48)31-13-6-7-14-33(31)42-45/h4-17,19,24,30,35,37,42,46,50H,18,20-23H2,1-3H3/t24-,30+,35+,37-,40+/m1/s1. The summed E-state index contributed by atoms with van der Waals surface area (Å²) in [5.74, 6) is -0.967. The summed E-state index contributed by atoms with van der Waals surface area (Å²) in [6.07, 6.45) is -0.251. The van der Waals surface area contributed by atoms with E-state index in [0.717, 1.165) is 22.2 Å². The minimum atomic E-state index is -3.05. The van der Waals surface area contributed by atoms with Crippen molar-refractivity contribution in [3.05, 3.63) is 129 Å². The van der Waals surface area contributed by atoms with E-state index in [1.807, 2.05) is 92.8 Å². The largest absolute Gasteiger partial charge is 0.432 e. The number of benzene rings is 4. The molecule has 52 heavy (non-hydrogen) atoms. The second kappa shape index (κ2) is 12.9. The third-order valence-corrected chi connectivity index (χ3v) is 14.0. The van der Waals surface area contributed by atoms with Crippen LogP contribution in [-0.4, -0.2) is 63.5 Å². The number of amides is 2. The molecule has 1 fully saturated rings. The Morgan fingerprint density at radius 1 is 1.00 bits per heavy atom. The molecule has 0 saturated carbocycles. The van der Waals surface area contributed by atoms with Crippen LogP contribution in [0.2, 0.25) is 23.7 Å². The van der Waals surface area contributed by atoms with Crippen LogP contribution >= 0.6 is 11.6 Å². The Labute approximate surface area is 307 Å². The van der Waals surface area contributed by atoms with Gasteiger partial charge in [-0.2, -0.15) is 0 Å². The van der Waals surface area contributed by atoms with E-state index in [9.17, 15) is 24.3 Å². The van der Waals surface area contributed by atoms with Gasteiger partial charge in [0.05, 0.1) is 54.0 Å². The fraction of sp³-hybridized carbons (Fsp3) is 0.325. The number of rotatable bonds is 7. The molecule has 4 aromatic carbocycles. The molecule has 2 amide bonds. The number of fused-ring (bicyclic) bond motifs is 4. The van der Waals surface area contributed by atoms with Gasteiger partial charge in [0.2, 0.25) is 5.91 Å². The molecule has 8 rings (SSSR count). The highest BCUT2D eigenvalue weighted by atomic mass is 35.5. The van der Waals surface area contributed by atoms with E-state index in [-0.39, 0.29) is 43.0 Å². The van der Waals surface area contributed by atoms with Crippen molar-refractivity contribution >= 4 is 48.3 Å². The van der Waals surface area contributed by atoms with Gasteiger partial charge in [-0.05, 0) is 78.7 Å². The van der Waals surface area contributed by atoms with Crippen LogP contribution < -0.4 is 10.5 Å². The Balaban J connectivity index is 1.13. The van der Waals surface area contributed by atoms with Gasteiger partial charge in [0.1, 0.15) is 0 Å². The van der Waals surface area contributed by atoms with E-state index in [4.69, 9.17) is 16.3 Å². The number of para-hydroxylation sites is 1. The Morgan fingerprint density at radius 2 is 1.75 bits per heavy atom. The number of halogens is 1. The van der Waals surface area contributed by atoms with Crippen molar-refractivity contribution in [3.8, 4) is 5.69 Å². The maximum absolute atomic E-state index is 15.0. The smallest absolute Gasteiger partial charge is 0.279 e. The summed E-state index contributed by atoms with van der Waals surface area (Å²) in [4.78, 5) is 57.5. The summed E-state index contributed by atoms with van der Waals surface area (Å²) in [6, 6.07) is 27.7. The zero-order valence-electron chi connectivity index (χ0n) is 29.3. The van der Waals surface area contributed by atoms with Crippen molar-refractivity contribution in [2.24, 2.45) is 5.92 Å². The third kappa shape index (κ3) is 5.54. The maximum atomic E-state index is 15.0. The summed E-state index contributed by atoms with van der Waals surface area (Å²) in [5, 5.41) is 14.5. The van der Waals surface area contributed by atoms with Crippen molar-refractivity contribution < 1.29 is 24.2 Å². The molecule has 1 spiro atoms. The van der Waals surface area contributed by atoms with Crippen LogP contribution in [0.15, 0.2) is 95.8 Å². The lowest BCUT2D eigenvalue weighted by Gasteiger charge is -2.37. The molecule has 3 aliphatic heterocycles. The van der Waals surface area contributed by atoms with E-state index < -0.39 is 31.5 Å². The lowest BCUT2D eigenvalue weighted by molar-refractivity contribution is -0.151. The average molecular weight is 737 g/mol.